The van der Waals surface area contributed by atoms with Crippen LogP contribution < -0.4 is 10.1 Å². The predicted octanol–water partition coefficient (Wildman–Crippen LogP) is 3.41. The van der Waals surface area contributed by atoms with Crippen LogP contribution in [0, 0.1) is 0 Å². The van der Waals surface area contributed by atoms with Gasteiger partial charge in [0.1, 0.15) is 12.4 Å². The molecule has 5 nitrogen and oxygen atoms in total. The van der Waals surface area contributed by atoms with Crippen molar-refractivity contribution in [3.63, 3.8) is 0 Å². The Bertz CT molecular complexity index is 578. The van der Waals surface area contributed by atoms with Crippen LogP contribution in [0.15, 0.2) is 36.4 Å². The van der Waals surface area contributed by atoms with Crippen molar-refractivity contribution >= 4 is 11.7 Å². The van der Waals surface area contributed by atoms with E-state index < -0.39 is 5.60 Å². The molecule has 23 heavy (non-hydrogen) atoms. The highest BCUT2D eigenvalue weighted by molar-refractivity contribution is 5.90. The van der Waals surface area contributed by atoms with Gasteiger partial charge in [-0.1, -0.05) is 12.6 Å². The van der Waals surface area contributed by atoms with Crippen molar-refractivity contribution in [3.05, 3.63) is 36.4 Å². The fraction of sp³-hybridized carbons (Fsp3) is 0.500. The molecule has 1 aliphatic heterocycles. The summed E-state index contributed by atoms with van der Waals surface area (Å²) in [4.78, 5) is 14.2. The maximum atomic E-state index is 12.5. The van der Waals surface area contributed by atoms with Gasteiger partial charge < -0.3 is 20.1 Å². The number of hydrogen-bond donors (Lipinski definition) is 2. The lowest BCUT2D eigenvalue weighted by Gasteiger charge is -2.33. The first-order valence-electron chi connectivity index (χ1n) is 7.94. The number of rotatable bonds is 5. The quantitative estimate of drug-likeness (QED) is 0.818. The molecule has 1 atom stereocenters. The van der Waals surface area contributed by atoms with Gasteiger partial charge in [-0.15, -0.1) is 0 Å². The van der Waals surface area contributed by atoms with Crippen molar-refractivity contribution in [2.45, 2.75) is 45.3 Å². The smallest absolute Gasteiger partial charge is 0.322 e. The van der Waals surface area contributed by atoms with Crippen LogP contribution in [0.25, 0.3) is 0 Å². The van der Waals surface area contributed by atoms with Gasteiger partial charge in [0, 0.05) is 18.3 Å². The average Bonchev–Trinajstić information content (AvgIpc) is 2.95. The summed E-state index contributed by atoms with van der Waals surface area (Å²) in [7, 11) is 0. The fourth-order valence-corrected chi connectivity index (χ4v) is 2.81. The minimum atomic E-state index is -0.902. The number of urea groups is 1. The molecule has 0 bridgehead atoms. The van der Waals surface area contributed by atoms with Gasteiger partial charge in [-0.3, -0.25) is 0 Å². The highest BCUT2D eigenvalue weighted by Crippen LogP contribution is 2.27. The molecule has 2 rings (SSSR count). The molecule has 1 unspecified atom stereocenters. The molecule has 0 radical (unpaired) electrons. The van der Waals surface area contributed by atoms with Gasteiger partial charge >= 0.3 is 6.03 Å². The number of likely N-dealkylation sites (tertiary alicyclic amines) is 1. The van der Waals surface area contributed by atoms with Crippen LogP contribution in [0.1, 0.15) is 33.6 Å². The average molecular weight is 318 g/mol. The zero-order valence-corrected chi connectivity index (χ0v) is 14.1. The number of nitrogens with one attached hydrogen (secondary N) is 1. The van der Waals surface area contributed by atoms with Crippen LogP contribution in [0.3, 0.4) is 0 Å². The number of anilines is 1. The highest BCUT2D eigenvalue weighted by Gasteiger charge is 2.38. The molecule has 0 aliphatic carbocycles. The summed E-state index contributed by atoms with van der Waals surface area (Å²) in [5.41, 5.74) is 0.709. The number of nitrogens with zero attached hydrogens (tertiary/aromatic N) is 1. The molecular weight excluding hydrogens is 292 g/mol. The molecule has 0 spiro atoms. The SMILES string of the molecule is C=C(C)COc1cccc(NC(=O)N2CCCC2C(C)(C)O)c1. The minimum Gasteiger partial charge on any atom is -0.489 e. The summed E-state index contributed by atoms with van der Waals surface area (Å²) in [6.45, 7) is 10.3. The molecule has 1 heterocycles. The Hall–Kier alpha value is -2.01. The van der Waals surface area contributed by atoms with Gasteiger partial charge in [-0.05, 0) is 51.3 Å². The molecule has 1 aromatic carbocycles. The number of amides is 2. The van der Waals surface area contributed by atoms with Gasteiger partial charge in [0.05, 0.1) is 11.6 Å². The van der Waals surface area contributed by atoms with Gasteiger partial charge in [0.15, 0.2) is 0 Å². The van der Waals surface area contributed by atoms with Crippen molar-refractivity contribution < 1.29 is 14.6 Å². The predicted molar refractivity (Wildman–Crippen MR) is 91.8 cm³/mol. The summed E-state index contributed by atoms with van der Waals surface area (Å²) in [5.74, 6) is 0.686. The molecule has 2 amide bonds. The van der Waals surface area contributed by atoms with E-state index in [1.54, 1.807) is 24.8 Å². The second-order valence-electron chi connectivity index (χ2n) is 6.71. The lowest BCUT2D eigenvalue weighted by atomic mass is 9.97. The second-order valence-corrected chi connectivity index (χ2v) is 6.71. The van der Waals surface area contributed by atoms with E-state index in [4.69, 9.17) is 4.74 Å². The van der Waals surface area contributed by atoms with E-state index in [-0.39, 0.29) is 12.1 Å². The van der Waals surface area contributed by atoms with Crippen LogP contribution >= 0.6 is 0 Å². The Morgan fingerprint density at radius 1 is 1.52 bits per heavy atom. The number of hydrogen-bond acceptors (Lipinski definition) is 3. The Labute approximate surface area is 137 Å². The van der Waals surface area contributed by atoms with Gasteiger partial charge in [-0.25, -0.2) is 4.79 Å². The molecule has 1 fully saturated rings. The third kappa shape index (κ3) is 4.73. The second kappa shape index (κ2) is 7.04. The summed E-state index contributed by atoms with van der Waals surface area (Å²) >= 11 is 0. The third-order valence-corrected chi connectivity index (χ3v) is 3.90. The Kier molecular flexibility index (Phi) is 5.31. The number of carbonyl (C=O) groups excluding carboxylic acids is 1. The minimum absolute atomic E-state index is 0.162. The molecule has 0 saturated carbocycles. The zero-order chi connectivity index (χ0) is 17.0. The van der Waals surface area contributed by atoms with E-state index >= 15 is 0 Å². The van der Waals surface area contributed by atoms with E-state index in [1.807, 2.05) is 25.1 Å². The zero-order valence-electron chi connectivity index (χ0n) is 14.1. The van der Waals surface area contributed by atoms with E-state index in [1.165, 1.54) is 0 Å². The first-order chi connectivity index (χ1) is 10.8. The number of aliphatic hydroxyl groups is 1. The molecule has 1 aromatic rings. The van der Waals surface area contributed by atoms with E-state index in [9.17, 15) is 9.90 Å². The standard InChI is InChI=1S/C18H26N2O3/c1-13(2)12-23-15-8-5-7-14(11-15)19-17(21)20-10-6-9-16(20)18(3,4)22/h5,7-8,11,16,22H,1,6,9-10,12H2,2-4H3,(H,19,21). The van der Waals surface area contributed by atoms with Crippen molar-refractivity contribution in [3.8, 4) is 5.75 Å². The first-order valence-corrected chi connectivity index (χ1v) is 7.94. The van der Waals surface area contributed by atoms with Crippen LogP contribution in [0.2, 0.25) is 0 Å². The van der Waals surface area contributed by atoms with Crippen molar-refractivity contribution in [2.24, 2.45) is 0 Å². The Balaban J connectivity index is 2.02. The number of benzene rings is 1. The lowest BCUT2D eigenvalue weighted by Crippen LogP contribution is -2.49. The summed E-state index contributed by atoms with van der Waals surface area (Å²) < 4.78 is 5.59. The molecule has 1 aliphatic rings. The molecule has 126 valence electrons. The third-order valence-electron chi connectivity index (χ3n) is 3.90. The molecule has 2 N–H and O–H groups in total. The van der Waals surface area contributed by atoms with Crippen LogP contribution in [-0.4, -0.2) is 40.8 Å². The van der Waals surface area contributed by atoms with Gasteiger partial charge in [-0.2, -0.15) is 0 Å². The van der Waals surface area contributed by atoms with Crippen LogP contribution in [-0.2, 0) is 0 Å². The molecule has 5 heteroatoms. The van der Waals surface area contributed by atoms with Crippen molar-refractivity contribution in [2.75, 3.05) is 18.5 Å². The van der Waals surface area contributed by atoms with Crippen molar-refractivity contribution in [1.29, 1.82) is 0 Å². The maximum absolute atomic E-state index is 12.5. The van der Waals surface area contributed by atoms with Gasteiger partial charge in [0.25, 0.3) is 0 Å². The monoisotopic (exact) mass is 318 g/mol. The van der Waals surface area contributed by atoms with Gasteiger partial charge in [0.2, 0.25) is 0 Å². The number of carbonyl (C=O) groups is 1. The van der Waals surface area contributed by atoms with E-state index in [0.29, 0.717) is 24.6 Å². The normalized spacial score (nSPS) is 17.9. The van der Waals surface area contributed by atoms with Crippen molar-refractivity contribution in [1.82, 2.24) is 4.90 Å². The van der Waals surface area contributed by atoms with E-state index in [0.717, 1.165) is 18.4 Å². The summed E-state index contributed by atoms with van der Waals surface area (Å²) in [5, 5.41) is 13.1. The molecule has 0 aromatic heterocycles. The fourth-order valence-electron chi connectivity index (χ4n) is 2.81. The Morgan fingerprint density at radius 3 is 2.91 bits per heavy atom. The van der Waals surface area contributed by atoms with Crippen LogP contribution in [0.5, 0.6) is 5.75 Å². The van der Waals surface area contributed by atoms with Crippen LogP contribution in [0.4, 0.5) is 10.5 Å². The summed E-state index contributed by atoms with van der Waals surface area (Å²) in [6, 6.07) is 6.93. The van der Waals surface area contributed by atoms with E-state index in [2.05, 4.69) is 11.9 Å². The summed E-state index contributed by atoms with van der Waals surface area (Å²) in [6.07, 6.45) is 1.72. The topological polar surface area (TPSA) is 61.8 Å². The maximum Gasteiger partial charge on any atom is 0.322 e. The molecular formula is C18H26N2O3. The number of ether oxygens (including phenoxy) is 1. The largest absolute Gasteiger partial charge is 0.489 e. The first kappa shape index (κ1) is 17.3. The lowest BCUT2D eigenvalue weighted by molar-refractivity contribution is 0.0117. The molecule has 1 saturated heterocycles. The highest BCUT2D eigenvalue weighted by atomic mass is 16.5. The Morgan fingerprint density at radius 2 is 2.26 bits per heavy atom.